The van der Waals surface area contributed by atoms with Crippen LogP contribution in [0.3, 0.4) is 0 Å². The highest BCUT2D eigenvalue weighted by atomic mass is 32.1. The molecule has 7 aromatic heterocycles. The first-order chi connectivity index (χ1) is 65.5. The molecule has 0 atom stereocenters. The molecule has 0 N–H and O–H groups in total. The summed E-state index contributed by atoms with van der Waals surface area (Å²) in [5.41, 5.74) is 22.0. The molecule has 132 heavy (non-hydrogen) atoms. The van der Waals surface area contributed by atoms with Gasteiger partial charge in [0.05, 0.1) is 33.1 Å². The molecule has 0 saturated carbocycles. The topological polar surface area (TPSA) is 79.7 Å². The van der Waals surface area contributed by atoms with Crippen LogP contribution in [-0.2, 0) is 0 Å². The summed E-state index contributed by atoms with van der Waals surface area (Å²) in [6.45, 7) is 0. The number of nitrogens with zero attached hydrogens (tertiary/aromatic N) is 6. The maximum Gasteiger partial charge on any atom is 0.238 e. The Hall–Kier alpha value is -17.4. The molecule has 0 fully saturated rings. The summed E-state index contributed by atoms with van der Waals surface area (Å²) in [7, 11) is 0. The van der Waals surface area contributed by atoms with Gasteiger partial charge < -0.3 is 18.0 Å². The van der Waals surface area contributed by atoms with E-state index in [1.165, 1.54) is 146 Å². The number of benzene rings is 22. The van der Waals surface area contributed by atoms with Crippen molar-refractivity contribution >= 4 is 205 Å². The highest BCUT2D eigenvalue weighted by molar-refractivity contribution is 7.26. The smallest absolute Gasteiger partial charge is 0.238 e. The SMILES string of the molecule is c1ccc(-c2cc(-c3ccccc3)cc(-n3c4ccccc4c4c5c(ccc6c7ccccc7oc65)c5ccccc5c43)c2)cc1.c1ccc(-c2cccc(-n3c4ccccc4c4c5c(ccc6c7ccccc7sc65)c5ccccc5c43)c2)cc1.c1ccc(-c2nc(-c3ccccc3)nc(-n3c4ccccc4c4c5c(ccc6c7ccccc7oc65)c5ccccc5c43)n2)cc1. The van der Waals surface area contributed by atoms with E-state index >= 15 is 0 Å². The molecule has 0 saturated heterocycles. The molecular formula is C123H74N6O2S. The van der Waals surface area contributed by atoms with E-state index in [1.54, 1.807) is 0 Å². The van der Waals surface area contributed by atoms with Crippen molar-refractivity contribution in [2.45, 2.75) is 0 Å². The fourth-order valence-corrected chi connectivity index (χ4v) is 22.5. The molecule has 8 nitrogen and oxygen atoms in total. The third-order valence-electron chi connectivity index (χ3n) is 26.9. The van der Waals surface area contributed by atoms with Crippen LogP contribution in [-0.4, -0.2) is 28.7 Å². The van der Waals surface area contributed by atoms with Crippen molar-refractivity contribution in [1.82, 2.24) is 28.7 Å². The first-order valence-electron chi connectivity index (χ1n) is 44.9. The predicted molar refractivity (Wildman–Crippen MR) is 555 cm³/mol. The Bertz CT molecular complexity index is 9290. The first kappa shape index (κ1) is 74.8. The molecule has 9 heteroatoms. The van der Waals surface area contributed by atoms with Gasteiger partial charge in [0, 0.05) is 129 Å². The summed E-state index contributed by atoms with van der Waals surface area (Å²) in [5.74, 6) is 1.82. The van der Waals surface area contributed by atoms with Crippen LogP contribution in [0.15, 0.2) is 458 Å². The van der Waals surface area contributed by atoms with Crippen LogP contribution < -0.4 is 0 Å². The van der Waals surface area contributed by atoms with E-state index in [0.29, 0.717) is 17.6 Å². The van der Waals surface area contributed by atoms with Gasteiger partial charge in [-0.3, -0.25) is 4.57 Å². The van der Waals surface area contributed by atoms with Gasteiger partial charge in [-0.05, 0) is 145 Å². The molecule has 29 aromatic rings. The monoisotopic (exact) mass is 1700 g/mol. The Morgan fingerprint density at radius 1 is 0.189 bits per heavy atom. The Labute approximate surface area is 759 Å². The van der Waals surface area contributed by atoms with Crippen molar-refractivity contribution in [3.05, 3.63) is 449 Å². The standard InChI is InChI=1S/C44H27NO.C41H24N4O.C38H23NS/c1-3-13-28(14-4-1)30-25-31(29-15-5-2-6-16-29)27-32(26-30)45-39-21-11-9-20-38(39)41-42-35(33-17-7-8-19-36(33)43(41)45)23-24-37-34-18-10-12-22-40(34)46-44(37)42;1-3-13-25(14-4-1)39-42-40(26-15-5-2-6-16-26)44-41(43-39)45-33-21-11-9-20-32(33)35-36-29(27-17-7-8-19-30(27)37(35)45)23-24-31-28-18-10-12-22-34(28)46-38(31)36;1-2-11-24(12-3-1)25-13-10-14-26(23-25)39-33-19-8-6-18-32(33)35-36-29(27-15-4-5-17-30(27)37(35)39)21-22-31-28-16-7-9-20-34(28)40-38(31)36/h1-27H;1-24H;1-23H. The van der Waals surface area contributed by atoms with Gasteiger partial charge in [0.1, 0.15) is 22.3 Å². The minimum Gasteiger partial charge on any atom is -0.455 e. The number of fused-ring (bicyclic) bond motifs is 36. The fourth-order valence-electron chi connectivity index (χ4n) is 21.2. The quantitative estimate of drug-likeness (QED) is 0.142. The molecule has 614 valence electrons. The Morgan fingerprint density at radius 2 is 0.515 bits per heavy atom. The van der Waals surface area contributed by atoms with E-state index in [1.807, 2.05) is 90.2 Å². The summed E-state index contributed by atoms with van der Waals surface area (Å²) in [6.07, 6.45) is 0. The zero-order valence-electron chi connectivity index (χ0n) is 71.1. The van der Waals surface area contributed by atoms with E-state index in [2.05, 4.69) is 384 Å². The number of thiophene rings is 1. The van der Waals surface area contributed by atoms with Crippen molar-refractivity contribution in [3.8, 4) is 73.5 Å². The second kappa shape index (κ2) is 30.2. The number of furan rings is 2. The summed E-state index contributed by atoms with van der Waals surface area (Å²) in [5, 5.41) is 29.1. The highest BCUT2D eigenvalue weighted by Crippen LogP contribution is 2.53. The zero-order valence-corrected chi connectivity index (χ0v) is 71.9. The number of aromatic nitrogens is 6. The van der Waals surface area contributed by atoms with Crippen molar-refractivity contribution in [2.75, 3.05) is 0 Å². The van der Waals surface area contributed by atoms with Crippen LogP contribution in [0.4, 0.5) is 0 Å². The number of hydrogen-bond donors (Lipinski definition) is 0. The van der Waals surface area contributed by atoms with E-state index in [9.17, 15) is 0 Å². The van der Waals surface area contributed by atoms with Gasteiger partial charge in [0.25, 0.3) is 0 Å². The molecule has 0 aliphatic heterocycles. The van der Waals surface area contributed by atoms with Gasteiger partial charge in [-0.1, -0.05) is 370 Å². The van der Waals surface area contributed by atoms with E-state index in [0.717, 1.165) is 104 Å². The summed E-state index contributed by atoms with van der Waals surface area (Å²) in [6, 6.07) is 160. The molecule has 7 heterocycles. The lowest BCUT2D eigenvalue weighted by atomic mass is 9.95. The fraction of sp³-hybridized carbons (Fsp3) is 0. The normalized spacial score (nSPS) is 11.9. The highest BCUT2D eigenvalue weighted by Gasteiger charge is 2.29. The summed E-state index contributed by atoms with van der Waals surface area (Å²) in [4.78, 5) is 15.3. The molecule has 0 bridgehead atoms. The molecule has 0 unspecified atom stereocenters. The van der Waals surface area contributed by atoms with E-state index in [4.69, 9.17) is 23.8 Å². The van der Waals surface area contributed by atoms with Crippen LogP contribution >= 0.6 is 11.3 Å². The van der Waals surface area contributed by atoms with E-state index in [-0.39, 0.29) is 0 Å². The van der Waals surface area contributed by atoms with Crippen molar-refractivity contribution < 1.29 is 8.83 Å². The first-order valence-corrected chi connectivity index (χ1v) is 45.7. The number of hydrogen-bond acceptors (Lipinski definition) is 6. The van der Waals surface area contributed by atoms with Crippen LogP contribution in [0.25, 0.3) is 268 Å². The second-order valence-corrected chi connectivity index (χ2v) is 35.2. The largest absolute Gasteiger partial charge is 0.455 e. The molecule has 0 radical (unpaired) electrons. The zero-order chi connectivity index (χ0) is 86.6. The molecule has 29 rings (SSSR count). The average molecular weight is 1700 g/mol. The van der Waals surface area contributed by atoms with Crippen LogP contribution in [0.5, 0.6) is 0 Å². The maximum atomic E-state index is 6.73. The van der Waals surface area contributed by atoms with Gasteiger partial charge in [-0.25, -0.2) is 4.98 Å². The molecular weight excluding hydrogens is 1630 g/mol. The molecule has 0 aliphatic rings. The molecule has 22 aromatic carbocycles. The van der Waals surface area contributed by atoms with Crippen LogP contribution in [0.2, 0.25) is 0 Å². The Morgan fingerprint density at radius 3 is 0.985 bits per heavy atom. The van der Waals surface area contributed by atoms with Gasteiger partial charge in [-0.15, -0.1) is 11.3 Å². The second-order valence-electron chi connectivity index (χ2n) is 34.2. The van der Waals surface area contributed by atoms with Gasteiger partial charge >= 0.3 is 0 Å². The average Bonchev–Trinajstić information content (AvgIpc) is 1.54. The van der Waals surface area contributed by atoms with Gasteiger partial charge in [0.2, 0.25) is 5.95 Å². The Kier molecular flexibility index (Phi) is 17.1. The lowest BCUT2D eigenvalue weighted by Gasteiger charge is -2.15. The predicted octanol–water partition coefficient (Wildman–Crippen LogP) is 34.0. The lowest BCUT2D eigenvalue weighted by Crippen LogP contribution is -2.06. The van der Waals surface area contributed by atoms with Crippen LogP contribution in [0.1, 0.15) is 0 Å². The molecule has 0 aliphatic carbocycles. The van der Waals surface area contributed by atoms with Gasteiger partial charge in [0.15, 0.2) is 11.6 Å². The Balaban J connectivity index is 0.000000102. The molecule has 0 spiro atoms. The molecule has 0 amide bonds. The summed E-state index contributed by atoms with van der Waals surface area (Å²) < 4.78 is 23.3. The number of para-hydroxylation sites is 5. The third-order valence-corrected chi connectivity index (χ3v) is 28.1. The van der Waals surface area contributed by atoms with Crippen molar-refractivity contribution in [3.63, 3.8) is 0 Å². The van der Waals surface area contributed by atoms with Crippen molar-refractivity contribution in [1.29, 1.82) is 0 Å². The lowest BCUT2D eigenvalue weighted by molar-refractivity contribution is 0.672. The van der Waals surface area contributed by atoms with Gasteiger partial charge in [-0.2, -0.15) is 9.97 Å². The maximum absolute atomic E-state index is 6.73. The van der Waals surface area contributed by atoms with Crippen molar-refractivity contribution in [2.24, 2.45) is 0 Å². The minimum absolute atomic E-state index is 0.570. The number of rotatable bonds is 8. The minimum atomic E-state index is 0.570. The third kappa shape index (κ3) is 11.7. The van der Waals surface area contributed by atoms with Crippen LogP contribution in [0, 0.1) is 0 Å². The summed E-state index contributed by atoms with van der Waals surface area (Å²) >= 11 is 1.92. The van der Waals surface area contributed by atoms with E-state index < -0.39 is 0 Å².